The number of Topliss-reactive ketones (excluding diaryl/α,β-unsaturated/α-hetero) is 1. The zero-order valence-corrected chi connectivity index (χ0v) is 12.4. The van der Waals surface area contributed by atoms with Gasteiger partial charge in [0.15, 0.2) is 5.78 Å². The van der Waals surface area contributed by atoms with Crippen molar-refractivity contribution in [2.45, 2.75) is 47.1 Å². The van der Waals surface area contributed by atoms with Crippen molar-refractivity contribution in [1.29, 1.82) is 0 Å². The lowest BCUT2D eigenvalue weighted by Crippen LogP contribution is -2.42. The normalized spacial score (nSPS) is 17.9. The van der Waals surface area contributed by atoms with E-state index >= 15 is 0 Å². The molecule has 0 saturated carbocycles. The first kappa shape index (κ1) is 15.0. The predicted molar refractivity (Wildman–Crippen MR) is 76.0 cm³/mol. The fourth-order valence-corrected chi connectivity index (χ4v) is 2.03. The van der Waals surface area contributed by atoms with Crippen LogP contribution in [0.15, 0.2) is 4.99 Å². The van der Waals surface area contributed by atoms with E-state index in [1.807, 2.05) is 34.6 Å². The highest BCUT2D eigenvalue weighted by Gasteiger charge is 2.36. The van der Waals surface area contributed by atoms with Gasteiger partial charge in [-0.05, 0) is 13.8 Å². The van der Waals surface area contributed by atoms with Gasteiger partial charge in [0.25, 0.3) is 5.91 Å². The lowest BCUT2D eigenvalue weighted by molar-refractivity contribution is -0.124. The van der Waals surface area contributed by atoms with Gasteiger partial charge in [-0.2, -0.15) is 0 Å². The minimum Gasteiger partial charge on any atom is -0.297 e. The Hall–Kier alpha value is -1.10. The number of ketones is 1. The Morgan fingerprint density at radius 2 is 1.94 bits per heavy atom. The molecule has 0 aromatic carbocycles. The lowest BCUT2D eigenvalue weighted by atomic mass is 9.88. The molecule has 0 N–H and O–H groups in total. The second kappa shape index (κ2) is 5.26. The van der Waals surface area contributed by atoms with Gasteiger partial charge >= 0.3 is 0 Å². The first-order valence-electron chi connectivity index (χ1n) is 6.07. The average molecular weight is 268 g/mol. The summed E-state index contributed by atoms with van der Waals surface area (Å²) in [6.45, 7) is 9.75. The molecule has 18 heavy (non-hydrogen) atoms. The Morgan fingerprint density at radius 3 is 2.28 bits per heavy atom. The number of rotatable bonds is 2. The molecule has 0 aliphatic carbocycles. The van der Waals surface area contributed by atoms with Crippen LogP contribution in [0.1, 0.15) is 41.0 Å². The Balaban J connectivity index is 3.05. The van der Waals surface area contributed by atoms with Gasteiger partial charge in [-0.25, -0.2) is 0 Å². The summed E-state index contributed by atoms with van der Waals surface area (Å²) in [4.78, 5) is 30.0. The SMILES string of the molecule is CC(C)N=C(C(=O)N1CC(=O)CC1=S)C(C)(C)C. The van der Waals surface area contributed by atoms with E-state index in [1.165, 1.54) is 4.90 Å². The van der Waals surface area contributed by atoms with Crippen LogP contribution in [0, 0.1) is 5.41 Å². The molecule has 1 fully saturated rings. The molecule has 1 amide bonds. The summed E-state index contributed by atoms with van der Waals surface area (Å²) >= 11 is 5.08. The van der Waals surface area contributed by atoms with E-state index in [2.05, 4.69) is 4.99 Å². The van der Waals surface area contributed by atoms with Crippen molar-refractivity contribution in [1.82, 2.24) is 4.90 Å². The predicted octanol–water partition coefficient (Wildman–Crippen LogP) is 2.01. The number of carbonyl (C=O) groups excluding carboxylic acids is 2. The summed E-state index contributed by atoms with van der Waals surface area (Å²) in [6, 6.07) is 0.0371. The van der Waals surface area contributed by atoms with E-state index in [-0.39, 0.29) is 36.1 Å². The summed E-state index contributed by atoms with van der Waals surface area (Å²) in [6.07, 6.45) is 0.195. The molecule has 1 saturated heterocycles. The number of hydrogen-bond donors (Lipinski definition) is 0. The Kier molecular flexibility index (Phi) is 4.37. The third-order valence-electron chi connectivity index (χ3n) is 2.53. The molecular weight excluding hydrogens is 248 g/mol. The number of likely N-dealkylation sites (tertiary alicyclic amines) is 1. The van der Waals surface area contributed by atoms with Crippen molar-refractivity contribution in [2.75, 3.05) is 6.54 Å². The molecule has 1 aliphatic rings. The highest BCUT2D eigenvalue weighted by molar-refractivity contribution is 7.80. The molecule has 100 valence electrons. The zero-order valence-electron chi connectivity index (χ0n) is 11.6. The van der Waals surface area contributed by atoms with Gasteiger partial charge in [0.2, 0.25) is 0 Å². The fourth-order valence-electron chi connectivity index (χ4n) is 1.73. The van der Waals surface area contributed by atoms with Crippen LogP contribution in [0.3, 0.4) is 0 Å². The fraction of sp³-hybridized carbons (Fsp3) is 0.692. The number of nitrogens with zero attached hydrogens (tertiary/aromatic N) is 2. The monoisotopic (exact) mass is 268 g/mol. The van der Waals surface area contributed by atoms with E-state index in [0.29, 0.717) is 10.7 Å². The highest BCUT2D eigenvalue weighted by atomic mass is 32.1. The van der Waals surface area contributed by atoms with Gasteiger partial charge in [-0.3, -0.25) is 19.5 Å². The second-order valence-electron chi connectivity index (χ2n) is 5.82. The molecule has 0 spiro atoms. The zero-order chi connectivity index (χ0) is 14.1. The van der Waals surface area contributed by atoms with Gasteiger partial charge < -0.3 is 0 Å². The van der Waals surface area contributed by atoms with Crippen LogP contribution in [-0.2, 0) is 9.59 Å². The number of hydrogen-bond acceptors (Lipinski definition) is 4. The van der Waals surface area contributed by atoms with Crippen molar-refractivity contribution in [3.05, 3.63) is 0 Å². The smallest absolute Gasteiger partial charge is 0.273 e. The summed E-state index contributed by atoms with van der Waals surface area (Å²) in [5.74, 6) is -0.238. The van der Waals surface area contributed by atoms with E-state index in [1.54, 1.807) is 0 Å². The summed E-state index contributed by atoms with van der Waals surface area (Å²) in [7, 11) is 0. The van der Waals surface area contributed by atoms with Crippen LogP contribution in [0.4, 0.5) is 0 Å². The molecular formula is C13H20N2O2S. The quantitative estimate of drug-likeness (QED) is 0.568. The van der Waals surface area contributed by atoms with Crippen molar-refractivity contribution in [3.8, 4) is 0 Å². The maximum absolute atomic E-state index is 12.4. The van der Waals surface area contributed by atoms with Crippen LogP contribution in [0.5, 0.6) is 0 Å². The minimum atomic E-state index is -0.359. The maximum Gasteiger partial charge on any atom is 0.273 e. The van der Waals surface area contributed by atoms with Gasteiger partial charge in [-0.15, -0.1) is 0 Å². The lowest BCUT2D eigenvalue weighted by Gasteiger charge is -2.25. The van der Waals surface area contributed by atoms with Crippen LogP contribution < -0.4 is 0 Å². The van der Waals surface area contributed by atoms with Crippen LogP contribution >= 0.6 is 12.2 Å². The van der Waals surface area contributed by atoms with Gasteiger partial charge in [0.1, 0.15) is 5.71 Å². The molecule has 0 bridgehead atoms. The summed E-state index contributed by atoms with van der Waals surface area (Å²) in [5, 5.41) is 0. The number of thiocarbonyl (C=S) groups is 1. The molecule has 5 heteroatoms. The van der Waals surface area contributed by atoms with Gasteiger partial charge in [0.05, 0.1) is 18.0 Å². The molecule has 1 heterocycles. The Bertz CT molecular complexity index is 419. The molecule has 0 aromatic heterocycles. The van der Waals surface area contributed by atoms with E-state index in [4.69, 9.17) is 12.2 Å². The van der Waals surface area contributed by atoms with Crippen molar-refractivity contribution in [3.63, 3.8) is 0 Å². The third-order valence-corrected chi connectivity index (χ3v) is 2.89. The van der Waals surface area contributed by atoms with E-state index in [0.717, 1.165) is 0 Å². The van der Waals surface area contributed by atoms with Gasteiger partial charge in [-0.1, -0.05) is 33.0 Å². The topological polar surface area (TPSA) is 49.7 Å². The Labute approximate surface area is 113 Å². The van der Waals surface area contributed by atoms with Crippen molar-refractivity contribution in [2.24, 2.45) is 10.4 Å². The van der Waals surface area contributed by atoms with E-state index in [9.17, 15) is 9.59 Å². The molecule has 0 atom stereocenters. The average Bonchev–Trinajstić information content (AvgIpc) is 2.51. The first-order chi connectivity index (χ1) is 8.12. The summed E-state index contributed by atoms with van der Waals surface area (Å²) in [5.41, 5.74) is 0.123. The first-order valence-corrected chi connectivity index (χ1v) is 6.48. The number of aliphatic imine (C=N–C) groups is 1. The molecule has 1 aliphatic heterocycles. The molecule has 0 radical (unpaired) electrons. The second-order valence-corrected chi connectivity index (χ2v) is 6.29. The maximum atomic E-state index is 12.4. The molecule has 4 nitrogen and oxygen atoms in total. The van der Waals surface area contributed by atoms with Crippen LogP contribution in [0.25, 0.3) is 0 Å². The van der Waals surface area contributed by atoms with Crippen LogP contribution in [0.2, 0.25) is 0 Å². The standard InChI is InChI=1S/C13H20N2O2S/c1-8(2)14-11(13(3,4)5)12(17)15-7-9(16)6-10(15)18/h8H,6-7H2,1-5H3. The third kappa shape index (κ3) is 3.45. The molecule has 0 unspecified atom stereocenters. The summed E-state index contributed by atoms with van der Waals surface area (Å²) < 4.78 is 0. The number of carbonyl (C=O) groups is 2. The van der Waals surface area contributed by atoms with E-state index < -0.39 is 0 Å². The highest BCUT2D eigenvalue weighted by Crippen LogP contribution is 2.21. The molecule has 1 rings (SSSR count). The van der Waals surface area contributed by atoms with Gasteiger partial charge in [0, 0.05) is 11.5 Å². The molecule has 0 aromatic rings. The van der Waals surface area contributed by atoms with Crippen molar-refractivity contribution >= 4 is 34.6 Å². The van der Waals surface area contributed by atoms with Crippen molar-refractivity contribution < 1.29 is 9.59 Å². The number of amides is 1. The van der Waals surface area contributed by atoms with Crippen LogP contribution in [-0.4, -0.2) is 39.9 Å². The largest absolute Gasteiger partial charge is 0.297 e. The minimum absolute atomic E-state index is 0.00819. The Morgan fingerprint density at radius 1 is 1.39 bits per heavy atom.